The minimum Gasteiger partial charge on any atom is -0.507 e. The van der Waals surface area contributed by atoms with Gasteiger partial charge in [0.1, 0.15) is 23.7 Å². The number of hydrogen-bond acceptors (Lipinski definition) is 5. The smallest absolute Gasteiger partial charge is 0.295 e. The number of rotatable bonds is 3. The first-order chi connectivity index (χ1) is 15.0. The van der Waals surface area contributed by atoms with Gasteiger partial charge in [-0.2, -0.15) is 0 Å². The Morgan fingerprint density at radius 3 is 2.68 bits per heavy atom. The second-order valence-electron chi connectivity index (χ2n) is 8.71. The fourth-order valence-electron chi connectivity index (χ4n) is 5.14. The van der Waals surface area contributed by atoms with Gasteiger partial charge in [-0.25, -0.2) is 0 Å². The van der Waals surface area contributed by atoms with Crippen LogP contribution in [0, 0.1) is 0 Å². The summed E-state index contributed by atoms with van der Waals surface area (Å²) in [6, 6.07) is 10.2. The highest BCUT2D eigenvalue weighted by Crippen LogP contribution is 2.43. The van der Waals surface area contributed by atoms with Crippen molar-refractivity contribution in [3.8, 4) is 5.75 Å². The molecule has 1 aliphatic carbocycles. The minimum absolute atomic E-state index is 0.0169. The van der Waals surface area contributed by atoms with Crippen LogP contribution in [0.15, 0.2) is 48.2 Å². The van der Waals surface area contributed by atoms with Gasteiger partial charge in [0.05, 0.1) is 11.3 Å². The standard InChI is InChI=1S/C25H26N2O4/c1-15-13-17-14-16(10-11-20(17)31-15)23(28)21-22(19-9-5-6-12-26-19)27(25(30)24(21)29)18-7-3-2-4-8-18/h5-6,9-12,14-15,18,22,28H,2-4,7-8,13H2,1H3/b23-21-. The largest absolute Gasteiger partial charge is 0.507 e. The fraction of sp³-hybridized carbons (Fsp3) is 0.400. The Morgan fingerprint density at radius 2 is 1.94 bits per heavy atom. The van der Waals surface area contributed by atoms with E-state index in [0.29, 0.717) is 11.3 Å². The summed E-state index contributed by atoms with van der Waals surface area (Å²) in [5, 5.41) is 11.3. The third kappa shape index (κ3) is 3.40. The van der Waals surface area contributed by atoms with Crippen LogP contribution in [0.4, 0.5) is 0 Å². The highest BCUT2D eigenvalue weighted by Gasteiger charge is 2.49. The molecule has 2 atom stereocenters. The van der Waals surface area contributed by atoms with Crippen LogP contribution >= 0.6 is 0 Å². The summed E-state index contributed by atoms with van der Waals surface area (Å²) in [4.78, 5) is 32.5. The highest BCUT2D eigenvalue weighted by atomic mass is 16.5. The van der Waals surface area contributed by atoms with Crippen LogP contribution in [0.3, 0.4) is 0 Å². The van der Waals surface area contributed by atoms with Crippen molar-refractivity contribution in [3.05, 3.63) is 65.0 Å². The number of aliphatic hydroxyl groups is 1. The first-order valence-corrected chi connectivity index (χ1v) is 11.1. The molecule has 2 unspecified atom stereocenters. The molecule has 6 heteroatoms. The van der Waals surface area contributed by atoms with Crippen LogP contribution in [-0.2, 0) is 16.0 Å². The first kappa shape index (κ1) is 19.8. The van der Waals surface area contributed by atoms with E-state index in [9.17, 15) is 14.7 Å². The van der Waals surface area contributed by atoms with Gasteiger partial charge in [0.25, 0.3) is 11.7 Å². The molecule has 1 saturated carbocycles. The van der Waals surface area contributed by atoms with Crippen molar-refractivity contribution < 1.29 is 19.4 Å². The first-order valence-electron chi connectivity index (χ1n) is 11.1. The van der Waals surface area contributed by atoms with Crippen LogP contribution in [0.1, 0.15) is 61.9 Å². The topological polar surface area (TPSA) is 79.7 Å². The molecule has 2 aromatic rings. The second kappa shape index (κ2) is 7.84. The van der Waals surface area contributed by atoms with E-state index in [0.717, 1.165) is 49.8 Å². The third-order valence-electron chi connectivity index (χ3n) is 6.59. The Balaban J connectivity index is 1.62. The number of carbonyl (C=O) groups is 2. The SMILES string of the molecule is CC1Cc2cc(/C(O)=C3/C(=O)C(=O)N(C4CCCCC4)C3c3ccccn3)ccc2O1. The molecular formula is C25H26N2O4. The zero-order valence-corrected chi connectivity index (χ0v) is 17.6. The van der Waals surface area contributed by atoms with E-state index < -0.39 is 17.7 Å². The van der Waals surface area contributed by atoms with Crippen molar-refractivity contribution in [2.45, 2.75) is 63.6 Å². The summed E-state index contributed by atoms with van der Waals surface area (Å²) in [5.74, 6) is -0.520. The molecule has 0 spiro atoms. The molecule has 5 rings (SSSR count). The normalized spacial score (nSPS) is 25.5. The quantitative estimate of drug-likeness (QED) is 0.460. The molecule has 6 nitrogen and oxygen atoms in total. The molecule has 1 aromatic heterocycles. The molecule has 3 aliphatic rings. The number of aliphatic hydroxyl groups excluding tert-OH is 1. The van der Waals surface area contributed by atoms with E-state index in [2.05, 4.69) is 4.98 Å². The second-order valence-corrected chi connectivity index (χ2v) is 8.71. The fourth-order valence-corrected chi connectivity index (χ4v) is 5.14. The average Bonchev–Trinajstić information content (AvgIpc) is 3.30. The molecule has 31 heavy (non-hydrogen) atoms. The number of nitrogens with zero attached hydrogens (tertiary/aromatic N) is 2. The zero-order chi connectivity index (χ0) is 21.5. The summed E-state index contributed by atoms with van der Waals surface area (Å²) in [5.41, 5.74) is 2.25. The van der Waals surface area contributed by atoms with Crippen molar-refractivity contribution >= 4 is 17.4 Å². The average molecular weight is 418 g/mol. The van der Waals surface area contributed by atoms with Crippen molar-refractivity contribution in [2.75, 3.05) is 0 Å². The van der Waals surface area contributed by atoms with Gasteiger partial charge in [-0.1, -0.05) is 25.3 Å². The van der Waals surface area contributed by atoms with E-state index >= 15 is 0 Å². The molecule has 2 fully saturated rings. The van der Waals surface area contributed by atoms with Crippen LogP contribution < -0.4 is 4.74 Å². The Hall–Kier alpha value is -3.15. The summed E-state index contributed by atoms with van der Waals surface area (Å²) < 4.78 is 5.76. The molecule has 0 bridgehead atoms. The number of carbonyl (C=O) groups excluding carboxylic acids is 2. The molecular weight excluding hydrogens is 392 g/mol. The van der Waals surface area contributed by atoms with E-state index in [4.69, 9.17) is 4.74 Å². The number of ether oxygens (including phenoxy) is 1. The maximum Gasteiger partial charge on any atom is 0.295 e. The Labute approximate surface area is 181 Å². The maximum atomic E-state index is 13.2. The van der Waals surface area contributed by atoms with E-state index in [-0.39, 0.29) is 23.5 Å². The monoisotopic (exact) mass is 418 g/mol. The number of pyridine rings is 1. The molecule has 1 N–H and O–H groups in total. The number of fused-ring (bicyclic) bond motifs is 1. The van der Waals surface area contributed by atoms with Gasteiger partial charge in [0.2, 0.25) is 0 Å². The van der Waals surface area contributed by atoms with Crippen molar-refractivity contribution in [1.82, 2.24) is 9.88 Å². The van der Waals surface area contributed by atoms with Gasteiger partial charge in [-0.3, -0.25) is 14.6 Å². The highest BCUT2D eigenvalue weighted by molar-refractivity contribution is 6.46. The van der Waals surface area contributed by atoms with Gasteiger partial charge in [-0.05, 0) is 55.7 Å². The Kier molecular flexibility index (Phi) is 5.00. The van der Waals surface area contributed by atoms with Crippen molar-refractivity contribution in [2.24, 2.45) is 0 Å². The molecule has 1 amide bonds. The number of likely N-dealkylation sites (tertiary alicyclic amines) is 1. The molecule has 3 heterocycles. The van der Waals surface area contributed by atoms with Crippen LogP contribution in [0.2, 0.25) is 0 Å². The molecule has 160 valence electrons. The number of benzene rings is 1. The van der Waals surface area contributed by atoms with Gasteiger partial charge < -0.3 is 14.7 Å². The molecule has 0 radical (unpaired) electrons. The summed E-state index contributed by atoms with van der Waals surface area (Å²) >= 11 is 0. The number of ketones is 1. The third-order valence-corrected chi connectivity index (χ3v) is 6.59. The molecule has 1 aromatic carbocycles. The predicted octanol–water partition coefficient (Wildman–Crippen LogP) is 4.16. The van der Waals surface area contributed by atoms with Crippen molar-refractivity contribution in [3.63, 3.8) is 0 Å². The predicted molar refractivity (Wildman–Crippen MR) is 115 cm³/mol. The van der Waals surface area contributed by atoms with Crippen LogP contribution in [-0.4, -0.2) is 38.8 Å². The van der Waals surface area contributed by atoms with Gasteiger partial charge >= 0.3 is 0 Å². The number of hydrogen-bond donors (Lipinski definition) is 1. The Bertz CT molecular complexity index is 1060. The van der Waals surface area contributed by atoms with Crippen LogP contribution in [0.5, 0.6) is 5.75 Å². The molecule has 1 saturated heterocycles. The van der Waals surface area contributed by atoms with Gasteiger partial charge in [-0.15, -0.1) is 0 Å². The summed E-state index contributed by atoms with van der Waals surface area (Å²) in [7, 11) is 0. The lowest BCUT2D eigenvalue weighted by atomic mass is 9.92. The molecule has 2 aliphatic heterocycles. The lowest BCUT2D eigenvalue weighted by Crippen LogP contribution is -2.40. The maximum absolute atomic E-state index is 13.2. The van der Waals surface area contributed by atoms with E-state index in [1.165, 1.54) is 0 Å². The van der Waals surface area contributed by atoms with Gasteiger partial charge in [0, 0.05) is 24.2 Å². The van der Waals surface area contributed by atoms with E-state index in [1.54, 1.807) is 23.2 Å². The van der Waals surface area contributed by atoms with Gasteiger partial charge in [0.15, 0.2) is 0 Å². The minimum atomic E-state index is -0.673. The Morgan fingerprint density at radius 1 is 1.13 bits per heavy atom. The van der Waals surface area contributed by atoms with Crippen LogP contribution in [0.25, 0.3) is 5.76 Å². The summed E-state index contributed by atoms with van der Waals surface area (Å²) in [6.45, 7) is 2.00. The zero-order valence-electron chi connectivity index (χ0n) is 17.6. The summed E-state index contributed by atoms with van der Waals surface area (Å²) in [6.07, 6.45) is 7.43. The number of Topliss-reactive ketones (excluding diaryl/α,β-unsaturated/α-hetero) is 1. The lowest BCUT2D eigenvalue weighted by molar-refractivity contribution is -0.141. The van der Waals surface area contributed by atoms with Crippen molar-refractivity contribution in [1.29, 1.82) is 0 Å². The number of amides is 1. The number of aromatic nitrogens is 1. The lowest BCUT2D eigenvalue weighted by Gasteiger charge is -2.35. The van der Waals surface area contributed by atoms with E-state index in [1.807, 2.05) is 31.2 Å².